The van der Waals surface area contributed by atoms with E-state index in [9.17, 15) is 9.18 Å². The Balaban J connectivity index is 2.33. The van der Waals surface area contributed by atoms with Gasteiger partial charge in [0.05, 0.1) is 6.04 Å². The number of anilines is 1. The van der Waals surface area contributed by atoms with Crippen molar-refractivity contribution >= 4 is 23.6 Å². The summed E-state index contributed by atoms with van der Waals surface area (Å²) in [6.07, 6.45) is 0.643. The summed E-state index contributed by atoms with van der Waals surface area (Å²) < 4.78 is 13.5. The van der Waals surface area contributed by atoms with Crippen molar-refractivity contribution in [1.29, 1.82) is 0 Å². The summed E-state index contributed by atoms with van der Waals surface area (Å²) in [6, 6.07) is 11.8. The Morgan fingerprint density at radius 2 is 2.00 bits per heavy atom. The van der Waals surface area contributed by atoms with Crippen LogP contribution in [0, 0.1) is 5.82 Å². The molecule has 0 amide bonds. The number of benzene rings is 2. The van der Waals surface area contributed by atoms with Crippen molar-refractivity contribution in [1.82, 2.24) is 0 Å². The first kappa shape index (κ1) is 14.5. The minimum absolute atomic E-state index is 0.00926. The SMILES string of the molecule is CC(c1cccc(Cl)c1)N(C)c1cc(F)cc(C=O)c1. The lowest BCUT2D eigenvalue weighted by atomic mass is 10.1. The molecule has 0 N–H and O–H groups in total. The smallest absolute Gasteiger partial charge is 0.150 e. The van der Waals surface area contributed by atoms with E-state index in [1.165, 1.54) is 12.1 Å². The van der Waals surface area contributed by atoms with Gasteiger partial charge in [0.1, 0.15) is 12.1 Å². The van der Waals surface area contributed by atoms with Gasteiger partial charge in [-0.25, -0.2) is 4.39 Å². The van der Waals surface area contributed by atoms with Crippen LogP contribution in [0.4, 0.5) is 10.1 Å². The summed E-state index contributed by atoms with van der Waals surface area (Å²) in [5.41, 5.74) is 2.00. The Hall–Kier alpha value is -1.87. The van der Waals surface area contributed by atoms with Gasteiger partial charge in [-0.2, -0.15) is 0 Å². The van der Waals surface area contributed by atoms with Gasteiger partial charge >= 0.3 is 0 Å². The van der Waals surface area contributed by atoms with Crippen molar-refractivity contribution in [2.24, 2.45) is 0 Å². The van der Waals surface area contributed by atoms with Gasteiger partial charge in [0.15, 0.2) is 0 Å². The third kappa shape index (κ3) is 3.17. The van der Waals surface area contributed by atoms with Gasteiger partial charge in [0.25, 0.3) is 0 Å². The number of carbonyl (C=O) groups excluding carboxylic acids is 1. The first-order valence-electron chi connectivity index (χ1n) is 6.25. The fraction of sp³-hybridized carbons (Fsp3) is 0.188. The molecule has 1 unspecified atom stereocenters. The quantitative estimate of drug-likeness (QED) is 0.774. The molecule has 2 nitrogen and oxygen atoms in total. The normalized spacial score (nSPS) is 12.0. The maximum atomic E-state index is 13.5. The predicted molar refractivity (Wildman–Crippen MR) is 80.1 cm³/mol. The second-order valence-corrected chi connectivity index (χ2v) is 5.14. The zero-order chi connectivity index (χ0) is 14.7. The topological polar surface area (TPSA) is 20.3 Å². The Kier molecular flexibility index (Phi) is 4.40. The van der Waals surface area contributed by atoms with Gasteiger partial charge in [-0.3, -0.25) is 4.79 Å². The van der Waals surface area contributed by atoms with Crippen LogP contribution in [0.1, 0.15) is 28.9 Å². The molecular formula is C16H15ClFNO. The first-order chi connectivity index (χ1) is 9.51. The molecule has 4 heteroatoms. The summed E-state index contributed by atoms with van der Waals surface area (Å²) in [7, 11) is 1.86. The van der Waals surface area contributed by atoms with E-state index >= 15 is 0 Å². The van der Waals surface area contributed by atoms with Gasteiger partial charge in [-0.05, 0) is 42.8 Å². The van der Waals surface area contributed by atoms with E-state index in [2.05, 4.69) is 0 Å². The highest BCUT2D eigenvalue weighted by Crippen LogP contribution is 2.27. The monoisotopic (exact) mass is 291 g/mol. The molecule has 0 saturated carbocycles. The van der Waals surface area contributed by atoms with Crippen LogP contribution in [0.3, 0.4) is 0 Å². The van der Waals surface area contributed by atoms with Crippen LogP contribution >= 0.6 is 11.6 Å². The molecular weight excluding hydrogens is 277 g/mol. The number of rotatable bonds is 4. The molecule has 0 aromatic heterocycles. The number of halogens is 2. The highest BCUT2D eigenvalue weighted by molar-refractivity contribution is 6.30. The molecule has 0 saturated heterocycles. The molecule has 0 spiro atoms. The van der Waals surface area contributed by atoms with E-state index in [1.54, 1.807) is 6.07 Å². The van der Waals surface area contributed by atoms with Gasteiger partial charge in [0.2, 0.25) is 0 Å². The van der Waals surface area contributed by atoms with E-state index in [0.29, 0.717) is 22.6 Å². The molecule has 0 fully saturated rings. The summed E-state index contributed by atoms with van der Waals surface area (Å²) in [5.74, 6) is -0.422. The minimum atomic E-state index is -0.422. The first-order valence-corrected chi connectivity index (χ1v) is 6.63. The van der Waals surface area contributed by atoms with Crippen LogP contribution in [0.15, 0.2) is 42.5 Å². The molecule has 104 valence electrons. The third-order valence-corrected chi connectivity index (χ3v) is 3.60. The summed E-state index contributed by atoms with van der Waals surface area (Å²) in [5, 5.41) is 0.663. The Morgan fingerprint density at radius 3 is 2.65 bits per heavy atom. The zero-order valence-electron chi connectivity index (χ0n) is 11.3. The molecule has 0 aliphatic carbocycles. The Morgan fingerprint density at radius 1 is 1.25 bits per heavy atom. The van der Waals surface area contributed by atoms with Crippen molar-refractivity contribution < 1.29 is 9.18 Å². The predicted octanol–water partition coefficient (Wildman–Crippen LogP) is 4.49. The number of nitrogens with zero attached hydrogens (tertiary/aromatic N) is 1. The lowest BCUT2D eigenvalue weighted by Gasteiger charge is -2.27. The van der Waals surface area contributed by atoms with Gasteiger partial charge in [-0.15, -0.1) is 0 Å². The van der Waals surface area contributed by atoms with Gasteiger partial charge in [0, 0.05) is 23.3 Å². The molecule has 2 rings (SSSR count). The Labute approximate surface area is 122 Å². The fourth-order valence-electron chi connectivity index (χ4n) is 2.08. The third-order valence-electron chi connectivity index (χ3n) is 3.36. The van der Waals surface area contributed by atoms with Gasteiger partial charge < -0.3 is 4.90 Å². The largest absolute Gasteiger partial charge is 0.368 e. The van der Waals surface area contributed by atoms with E-state index in [0.717, 1.165) is 5.56 Å². The van der Waals surface area contributed by atoms with Crippen molar-refractivity contribution in [2.75, 3.05) is 11.9 Å². The fourth-order valence-corrected chi connectivity index (χ4v) is 2.28. The highest BCUT2D eigenvalue weighted by atomic mass is 35.5. The average molecular weight is 292 g/mol. The van der Waals surface area contributed by atoms with E-state index in [1.807, 2.05) is 43.1 Å². The summed E-state index contributed by atoms with van der Waals surface area (Å²) in [4.78, 5) is 12.7. The molecule has 0 heterocycles. The zero-order valence-corrected chi connectivity index (χ0v) is 12.1. The second kappa shape index (κ2) is 6.06. The molecule has 20 heavy (non-hydrogen) atoms. The van der Waals surface area contributed by atoms with E-state index < -0.39 is 5.82 Å². The van der Waals surface area contributed by atoms with E-state index in [4.69, 9.17) is 11.6 Å². The Bertz CT molecular complexity index is 630. The standard InChI is InChI=1S/C16H15ClFNO/c1-11(13-4-3-5-14(17)8-13)19(2)16-7-12(10-20)6-15(18)9-16/h3-11H,1-2H3. The molecule has 0 radical (unpaired) electrons. The molecule has 1 atom stereocenters. The molecule has 0 aliphatic rings. The van der Waals surface area contributed by atoms with E-state index in [-0.39, 0.29) is 6.04 Å². The van der Waals surface area contributed by atoms with Gasteiger partial charge in [-0.1, -0.05) is 23.7 Å². The van der Waals surface area contributed by atoms with Crippen LogP contribution in [0.5, 0.6) is 0 Å². The van der Waals surface area contributed by atoms with Crippen LogP contribution in [0.2, 0.25) is 5.02 Å². The number of hydrogen-bond donors (Lipinski definition) is 0. The lowest BCUT2D eigenvalue weighted by molar-refractivity contribution is 0.112. The highest BCUT2D eigenvalue weighted by Gasteiger charge is 2.14. The minimum Gasteiger partial charge on any atom is -0.368 e. The van der Waals surface area contributed by atoms with Crippen LogP contribution in [-0.4, -0.2) is 13.3 Å². The maximum absolute atomic E-state index is 13.5. The molecule has 2 aromatic rings. The molecule has 0 bridgehead atoms. The second-order valence-electron chi connectivity index (χ2n) is 4.70. The number of aldehydes is 1. The summed E-state index contributed by atoms with van der Waals surface area (Å²) in [6.45, 7) is 2.00. The van der Waals surface area contributed by atoms with Crippen molar-refractivity contribution in [2.45, 2.75) is 13.0 Å². The van der Waals surface area contributed by atoms with Crippen LogP contribution < -0.4 is 4.90 Å². The van der Waals surface area contributed by atoms with Crippen molar-refractivity contribution in [3.8, 4) is 0 Å². The van der Waals surface area contributed by atoms with Crippen molar-refractivity contribution in [3.63, 3.8) is 0 Å². The molecule has 2 aromatic carbocycles. The maximum Gasteiger partial charge on any atom is 0.150 e. The van der Waals surface area contributed by atoms with Crippen molar-refractivity contribution in [3.05, 3.63) is 64.4 Å². The average Bonchev–Trinajstić information content (AvgIpc) is 2.45. The van der Waals surface area contributed by atoms with Crippen LogP contribution in [0.25, 0.3) is 0 Å². The summed E-state index contributed by atoms with van der Waals surface area (Å²) >= 11 is 5.99. The lowest BCUT2D eigenvalue weighted by Crippen LogP contribution is -2.21. The number of hydrogen-bond acceptors (Lipinski definition) is 2. The molecule has 0 aliphatic heterocycles. The van der Waals surface area contributed by atoms with Crippen LogP contribution in [-0.2, 0) is 0 Å². The number of carbonyl (C=O) groups is 1.